The van der Waals surface area contributed by atoms with Crippen LogP contribution < -0.4 is 0 Å². The number of benzene rings is 2. The summed E-state index contributed by atoms with van der Waals surface area (Å²) in [4.78, 5) is 2.39. The quantitative estimate of drug-likeness (QED) is 0.798. The second-order valence-electron chi connectivity index (χ2n) is 3.78. The first-order chi connectivity index (χ1) is 8.85. The molecule has 0 aliphatic carbocycles. The number of hydrogen-bond donors (Lipinski definition) is 2. The number of fused-ring (bicyclic) bond motifs is 1. The van der Waals surface area contributed by atoms with E-state index >= 15 is 0 Å². The van der Waals surface area contributed by atoms with Gasteiger partial charge in [-0.25, -0.2) is 0 Å². The van der Waals surface area contributed by atoms with Gasteiger partial charge in [0.2, 0.25) is 0 Å². The normalized spacial score (nSPS) is 11.0. The lowest BCUT2D eigenvalue weighted by Gasteiger charge is -2.07. The van der Waals surface area contributed by atoms with Crippen molar-refractivity contribution in [1.82, 2.24) is 0 Å². The summed E-state index contributed by atoms with van der Waals surface area (Å²) in [5, 5.41) is 20.2. The van der Waals surface area contributed by atoms with E-state index in [2.05, 4.69) is 30.3 Å². The Labute approximate surface area is 115 Å². The van der Waals surface area contributed by atoms with Crippen LogP contribution in [-0.2, 0) is 0 Å². The second-order valence-corrected chi connectivity index (χ2v) is 6.09. The molecule has 2 nitrogen and oxygen atoms in total. The Bertz CT molecular complexity index is 514. The predicted octanol–water partition coefficient (Wildman–Crippen LogP) is 3.01. The van der Waals surface area contributed by atoms with Gasteiger partial charge in [0.05, 0.1) is 13.2 Å². The molecule has 0 aliphatic heterocycles. The Hall–Kier alpha value is -0.680. The second kappa shape index (κ2) is 7.04. The van der Waals surface area contributed by atoms with Crippen LogP contribution in [0, 0.1) is 0 Å². The molecule has 2 aromatic carbocycles. The molecule has 0 aromatic heterocycles. The Kier molecular flexibility index (Phi) is 5.38. The molecular weight excluding hydrogens is 264 g/mol. The molecule has 2 N–H and O–H groups in total. The van der Waals surface area contributed by atoms with E-state index in [0.717, 1.165) is 11.5 Å². The fourth-order valence-electron chi connectivity index (χ4n) is 1.77. The lowest BCUT2D eigenvalue weighted by atomic mass is 10.1. The summed E-state index contributed by atoms with van der Waals surface area (Å²) >= 11 is 3.34. The molecule has 0 atom stereocenters. The van der Waals surface area contributed by atoms with Gasteiger partial charge < -0.3 is 10.2 Å². The van der Waals surface area contributed by atoms with Gasteiger partial charge in [0.1, 0.15) is 0 Å². The highest BCUT2D eigenvalue weighted by Crippen LogP contribution is 2.30. The third-order valence-electron chi connectivity index (χ3n) is 2.52. The van der Waals surface area contributed by atoms with Gasteiger partial charge in [-0.3, -0.25) is 0 Å². The summed E-state index contributed by atoms with van der Waals surface area (Å²) in [5.41, 5.74) is 0. The van der Waals surface area contributed by atoms with E-state index in [-0.39, 0.29) is 13.2 Å². The van der Waals surface area contributed by atoms with Crippen LogP contribution >= 0.6 is 23.5 Å². The van der Waals surface area contributed by atoms with Gasteiger partial charge in [0.15, 0.2) is 0 Å². The highest BCUT2D eigenvalue weighted by Gasteiger charge is 2.02. The number of thioether (sulfide) groups is 2. The van der Waals surface area contributed by atoms with Crippen molar-refractivity contribution in [3.8, 4) is 0 Å². The molecule has 0 amide bonds. The maximum Gasteiger partial charge on any atom is 0.0525 e. The molecule has 18 heavy (non-hydrogen) atoms. The molecule has 2 rings (SSSR count). The summed E-state index contributed by atoms with van der Waals surface area (Å²) in [7, 11) is 0. The monoisotopic (exact) mass is 280 g/mol. The fraction of sp³-hybridized carbons (Fsp3) is 0.286. The Morgan fingerprint density at radius 1 is 0.889 bits per heavy atom. The van der Waals surface area contributed by atoms with Gasteiger partial charge in [0.25, 0.3) is 0 Å². The maximum atomic E-state index is 8.89. The third kappa shape index (κ3) is 3.42. The molecule has 0 saturated heterocycles. The Balaban J connectivity index is 2.28. The van der Waals surface area contributed by atoms with E-state index in [1.165, 1.54) is 20.6 Å². The average molecular weight is 280 g/mol. The lowest BCUT2D eigenvalue weighted by Crippen LogP contribution is -1.87. The first kappa shape index (κ1) is 13.7. The van der Waals surface area contributed by atoms with Crippen LogP contribution in [-0.4, -0.2) is 34.9 Å². The van der Waals surface area contributed by atoms with Crippen LogP contribution in [0.1, 0.15) is 0 Å². The summed E-state index contributed by atoms with van der Waals surface area (Å²) in [5.74, 6) is 1.45. The average Bonchev–Trinajstić information content (AvgIpc) is 2.42. The van der Waals surface area contributed by atoms with Crippen LogP contribution in [0.15, 0.2) is 46.2 Å². The van der Waals surface area contributed by atoms with Crippen LogP contribution in [0.25, 0.3) is 10.8 Å². The fourth-order valence-corrected chi connectivity index (χ4v) is 3.30. The summed E-state index contributed by atoms with van der Waals surface area (Å²) in [6.45, 7) is 0.403. The van der Waals surface area contributed by atoms with E-state index in [9.17, 15) is 0 Å². The molecule has 0 saturated carbocycles. The van der Waals surface area contributed by atoms with Crippen LogP contribution in [0.4, 0.5) is 0 Å². The van der Waals surface area contributed by atoms with Crippen LogP contribution in [0.3, 0.4) is 0 Å². The van der Waals surface area contributed by atoms with Crippen molar-refractivity contribution in [3.63, 3.8) is 0 Å². The maximum absolute atomic E-state index is 8.89. The molecule has 0 spiro atoms. The van der Waals surface area contributed by atoms with Crippen molar-refractivity contribution in [2.24, 2.45) is 0 Å². The van der Waals surface area contributed by atoms with E-state index in [4.69, 9.17) is 10.2 Å². The molecule has 0 aliphatic rings. The van der Waals surface area contributed by atoms with Gasteiger partial charge in [-0.2, -0.15) is 0 Å². The van der Waals surface area contributed by atoms with Gasteiger partial charge in [-0.1, -0.05) is 18.2 Å². The molecular formula is C14H16O2S2. The van der Waals surface area contributed by atoms with E-state index < -0.39 is 0 Å². The van der Waals surface area contributed by atoms with Gasteiger partial charge in [-0.05, 0) is 29.0 Å². The number of rotatable bonds is 6. The summed E-state index contributed by atoms with van der Waals surface area (Å²) in [6, 6.07) is 12.6. The molecule has 0 fully saturated rings. The zero-order valence-electron chi connectivity index (χ0n) is 10.0. The molecule has 0 bridgehead atoms. The first-order valence-corrected chi connectivity index (χ1v) is 7.82. The standard InChI is InChI=1S/C14H16O2S2/c15-6-8-17-12-4-5-13-11(10-12)2-1-3-14(13)18-9-7-16/h1-5,10,15-16H,6-9H2. The van der Waals surface area contributed by atoms with E-state index in [1.807, 2.05) is 6.07 Å². The SMILES string of the molecule is OCCSc1ccc2c(SCCO)cccc2c1. The van der Waals surface area contributed by atoms with E-state index in [0.29, 0.717) is 0 Å². The highest BCUT2D eigenvalue weighted by atomic mass is 32.2. The lowest BCUT2D eigenvalue weighted by molar-refractivity contribution is 0.322. The minimum absolute atomic E-state index is 0.200. The minimum Gasteiger partial charge on any atom is -0.396 e. The number of aliphatic hydroxyl groups excluding tert-OH is 2. The molecule has 0 unspecified atom stereocenters. The van der Waals surface area contributed by atoms with Crippen molar-refractivity contribution in [1.29, 1.82) is 0 Å². The van der Waals surface area contributed by atoms with Crippen molar-refractivity contribution in [2.75, 3.05) is 24.7 Å². The number of aliphatic hydroxyl groups is 2. The minimum atomic E-state index is 0.200. The molecule has 96 valence electrons. The predicted molar refractivity (Wildman–Crippen MR) is 79.6 cm³/mol. The zero-order valence-corrected chi connectivity index (χ0v) is 11.6. The topological polar surface area (TPSA) is 40.5 Å². The molecule has 2 aromatic rings. The van der Waals surface area contributed by atoms with Crippen molar-refractivity contribution >= 4 is 34.3 Å². The van der Waals surface area contributed by atoms with Crippen LogP contribution in [0.2, 0.25) is 0 Å². The smallest absolute Gasteiger partial charge is 0.0525 e. The third-order valence-corrected chi connectivity index (χ3v) is 4.55. The van der Waals surface area contributed by atoms with Gasteiger partial charge in [-0.15, -0.1) is 23.5 Å². The van der Waals surface area contributed by atoms with Gasteiger partial charge >= 0.3 is 0 Å². The molecule has 0 heterocycles. The molecule has 0 radical (unpaired) electrons. The zero-order chi connectivity index (χ0) is 12.8. The largest absolute Gasteiger partial charge is 0.396 e. The number of hydrogen-bond acceptors (Lipinski definition) is 4. The Morgan fingerprint density at radius 2 is 1.67 bits per heavy atom. The summed E-state index contributed by atoms with van der Waals surface area (Å²) in [6.07, 6.45) is 0. The van der Waals surface area contributed by atoms with Crippen molar-refractivity contribution in [3.05, 3.63) is 36.4 Å². The van der Waals surface area contributed by atoms with E-state index in [1.54, 1.807) is 23.5 Å². The Morgan fingerprint density at radius 3 is 2.44 bits per heavy atom. The molecule has 4 heteroatoms. The summed E-state index contributed by atoms with van der Waals surface area (Å²) < 4.78 is 0. The highest BCUT2D eigenvalue weighted by molar-refractivity contribution is 7.99. The van der Waals surface area contributed by atoms with Crippen molar-refractivity contribution in [2.45, 2.75) is 9.79 Å². The van der Waals surface area contributed by atoms with Gasteiger partial charge in [0, 0.05) is 21.3 Å². The van der Waals surface area contributed by atoms with Crippen LogP contribution in [0.5, 0.6) is 0 Å². The van der Waals surface area contributed by atoms with Crippen molar-refractivity contribution < 1.29 is 10.2 Å². The first-order valence-electron chi connectivity index (χ1n) is 5.85.